The molecule has 0 atom stereocenters. The molecule has 4 aromatic carbocycles. The van der Waals surface area contributed by atoms with Crippen molar-refractivity contribution in [3.63, 3.8) is 0 Å². The molecule has 1 nitrogen and oxygen atoms in total. The quantitative estimate of drug-likeness (QED) is 0.364. The van der Waals surface area contributed by atoms with Gasteiger partial charge in [-0.15, -0.1) is 0 Å². The van der Waals surface area contributed by atoms with Gasteiger partial charge in [0.05, 0.1) is 0 Å². The second-order valence-corrected chi connectivity index (χ2v) is 5.16. The van der Waals surface area contributed by atoms with Crippen molar-refractivity contribution in [2.75, 3.05) is 0 Å². The third-order valence-electron chi connectivity index (χ3n) is 4.21. The van der Waals surface area contributed by atoms with E-state index in [1.165, 1.54) is 43.1 Å². The van der Waals surface area contributed by atoms with Crippen LogP contribution in [-0.4, -0.2) is 4.98 Å². The summed E-state index contributed by atoms with van der Waals surface area (Å²) in [7, 11) is 0. The van der Waals surface area contributed by atoms with Crippen molar-refractivity contribution in [2.45, 2.75) is 0 Å². The molecular formula is C18H11N. The summed E-state index contributed by atoms with van der Waals surface area (Å²) in [6.45, 7) is 0. The SMILES string of the molecule is c1cc2ccc3cccc4c5c[nH]cc5c(c1)c2c34. The lowest BCUT2D eigenvalue weighted by atomic mass is 9.91. The monoisotopic (exact) mass is 241 g/mol. The third-order valence-corrected chi connectivity index (χ3v) is 4.21. The number of hydrogen-bond acceptors (Lipinski definition) is 0. The van der Waals surface area contributed by atoms with Gasteiger partial charge in [0.2, 0.25) is 0 Å². The molecule has 0 amide bonds. The van der Waals surface area contributed by atoms with Gasteiger partial charge in [-0.2, -0.15) is 0 Å². The first-order valence-corrected chi connectivity index (χ1v) is 6.55. The number of benzene rings is 4. The average molecular weight is 241 g/mol. The molecule has 5 aromatic rings. The van der Waals surface area contributed by atoms with E-state index in [9.17, 15) is 0 Å². The molecule has 0 saturated heterocycles. The number of hydrogen-bond donors (Lipinski definition) is 1. The molecule has 0 aliphatic rings. The summed E-state index contributed by atoms with van der Waals surface area (Å²) in [6.07, 6.45) is 4.22. The number of nitrogens with one attached hydrogen (secondary N) is 1. The van der Waals surface area contributed by atoms with Crippen LogP contribution in [0.3, 0.4) is 0 Å². The molecule has 88 valence electrons. The molecule has 5 rings (SSSR count). The van der Waals surface area contributed by atoms with Crippen LogP contribution in [0.25, 0.3) is 43.1 Å². The maximum atomic E-state index is 3.26. The Morgan fingerprint density at radius 3 is 1.58 bits per heavy atom. The first-order chi connectivity index (χ1) is 9.43. The van der Waals surface area contributed by atoms with Gasteiger partial charge in [0.15, 0.2) is 0 Å². The minimum absolute atomic E-state index is 1.32. The van der Waals surface area contributed by atoms with Gasteiger partial charge in [-0.25, -0.2) is 0 Å². The van der Waals surface area contributed by atoms with Crippen molar-refractivity contribution in [3.8, 4) is 0 Å². The summed E-state index contributed by atoms with van der Waals surface area (Å²) in [6, 6.07) is 17.6. The molecule has 0 fully saturated rings. The Hall–Kier alpha value is -2.54. The van der Waals surface area contributed by atoms with Crippen LogP contribution in [0.4, 0.5) is 0 Å². The Kier molecular flexibility index (Phi) is 1.52. The van der Waals surface area contributed by atoms with E-state index in [0.29, 0.717) is 0 Å². The van der Waals surface area contributed by atoms with Gasteiger partial charge in [-0.1, -0.05) is 48.5 Å². The van der Waals surface area contributed by atoms with E-state index in [2.05, 4.69) is 65.9 Å². The lowest BCUT2D eigenvalue weighted by Gasteiger charge is -2.12. The summed E-state index contributed by atoms with van der Waals surface area (Å²) >= 11 is 0. The fourth-order valence-electron chi connectivity index (χ4n) is 3.41. The van der Waals surface area contributed by atoms with Crippen LogP contribution >= 0.6 is 0 Å². The average Bonchev–Trinajstić information content (AvgIpc) is 2.95. The van der Waals surface area contributed by atoms with Gasteiger partial charge in [0.1, 0.15) is 0 Å². The smallest absolute Gasteiger partial charge is 0.00908 e. The topological polar surface area (TPSA) is 15.8 Å². The third kappa shape index (κ3) is 1.02. The Labute approximate surface area is 109 Å². The van der Waals surface area contributed by atoms with Crippen molar-refractivity contribution >= 4 is 43.1 Å². The second kappa shape index (κ2) is 3.07. The highest BCUT2D eigenvalue weighted by Gasteiger charge is 2.12. The van der Waals surface area contributed by atoms with Crippen LogP contribution in [0.1, 0.15) is 0 Å². The van der Waals surface area contributed by atoms with Crippen molar-refractivity contribution in [1.29, 1.82) is 0 Å². The molecule has 1 heteroatoms. The molecule has 0 aliphatic heterocycles. The molecule has 0 saturated carbocycles. The Bertz CT molecular complexity index is 969. The van der Waals surface area contributed by atoms with Gasteiger partial charge in [0, 0.05) is 23.2 Å². The summed E-state index contributed by atoms with van der Waals surface area (Å²) in [5.41, 5.74) is 0. The summed E-state index contributed by atoms with van der Waals surface area (Å²) < 4.78 is 0. The normalized spacial score (nSPS) is 12.2. The number of aromatic amines is 1. The Morgan fingerprint density at radius 1 is 0.526 bits per heavy atom. The van der Waals surface area contributed by atoms with Crippen LogP contribution in [0.2, 0.25) is 0 Å². The minimum Gasteiger partial charge on any atom is -0.366 e. The maximum Gasteiger partial charge on any atom is 0.00908 e. The molecular weight excluding hydrogens is 230 g/mol. The van der Waals surface area contributed by atoms with Crippen molar-refractivity contribution < 1.29 is 0 Å². The molecule has 0 spiro atoms. The van der Waals surface area contributed by atoms with Gasteiger partial charge in [0.25, 0.3) is 0 Å². The van der Waals surface area contributed by atoms with Gasteiger partial charge >= 0.3 is 0 Å². The molecule has 0 aliphatic carbocycles. The molecule has 1 heterocycles. The first-order valence-electron chi connectivity index (χ1n) is 6.55. The second-order valence-electron chi connectivity index (χ2n) is 5.16. The van der Waals surface area contributed by atoms with E-state index in [0.717, 1.165) is 0 Å². The lowest BCUT2D eigenvalue weighted by molar-refractivity contribution is 1.43. The molecule has 0 unspecified atom stereocenters. The predicted molar refractivity (Wildman–Crippen MR) is 82.0 cm³/mol. The van der Waals surface area contributed by atoms with Crippen LogP contribution in [-0.2, 0) is 0 Å². The van der Waals surface area contributed by atoms with E-state index in [4.69, 9.17) is 0 Å². The standard InChI is InChI=1S/C18H11N/c1-3-11-7-8-12-4-2-6-14-16-10-19-9-15(16)13(5-1)17(11)18(12)14/h1-10,19H. The lowest BCUT2D eigenvalue weighted by Crippen LogP contribution is -1.84. The van der Waals surface area contributed by atoms with Crippen LogP contribution in [0.5, 0.6) is 0 Å². The van der Waals surface area contributed by atoms with Crippen LogP contribution in [0, 0.1) is 0 Å². The van der Waals surface area contributed by atoms with Crippen LogP contribution in [0.15, 0.2) is 60.9 Å². The van der Waals surface area contributed by atoms with E-state index in [1.807, 2.05) is 0 Å². The number of fused-ring (bicyclic) bond motifs is 3. The zero-order valence-corrected chi connectivity index (χ0v) is 10.3. The highest BCUT2D eigenvalue weighted by molar-refractivity contribution is 6.33. The number of rotatable bonds is 0. The van der Waals surface area contributed by atoms with Gasteiger partial charge in [-0.3, -0.25) is 0 Å². The van der Waals surface area contributed by atoms with Crippen molar-refractivity contribution in [3.05, 3.63) is 60.9 Å². The summed E-state index contributed by atoms with van der Waals surface area (Å²) in [4.78, 5) is 3.26. The van der Waals surface area contributed by atoms with Crippen molar-refractivity contribution in [1.82, 2.24) is 4.98 Å². The molecule has 0 bridgehead atoms. The fraction of sp³-hybridized carbons (Fsp3) is 0. The Morgan fingerprint density at radius 2 is 1.05 bits per heavy atom. The molecule has 0 radical (unpaired) electrons. The van der Waals surface area contributed by atoms with Gasteiger partial charge < -0.3 is 4.98 Å². The van der Waals surface area contributed by atoms with E-state index in [-0.39, 0.29) is 0 Å². The zero-order chi connectivity index (χ0) is 12.4. The first kappa shape index (κ1) is 9.40. The van der Waals surface area contributed by atoms with Gasteiger partial charge in [-0.05, 0) is 32.3 Å². The highest BCUT2D eigenvalue weighted by atomic mass is 14.6. The fourth-order valence-corrected chi connectivity index (χ4v) is 3.41. The summed E-state index contributed by atoms with van der Waals surface area (Å²) in [5.74, 6) is 0. The number of aromatic nitrogens is 1. The largest absolute Gasteiger partial charge is 0.366 e. The molecule has 1 N–H and O–H groups in total. The molecule has 19 heavy (non-hydrogen) atoms. The summed E-state index contributed by atoms with van der Waals surface area (Å²) in [5, 5.41) is 10.8. The maximum absolute atomic E-state index is 3.26. The van der Waals surface area contributed by atoms with E-state index < -0.39 is 0 Å². The van der Waals surface area contributed by atoms with Crippen molar-refractivity contribution in [2.24, 2.45) is 0 Å². The predicted octanol–water partition coefficient (Wildman–Crippen LogP) is 5.07. The minimum atomic E-state index is 1.32. The van der Waals surface area contributed by atoms with E-state index in [1.54, 1.807) is 0 Å². The highest BCUT2D eigenvalue weighted by Crippen LogP contribution is 2.40. The number of H-pyrrole nitrogens is 1. The van der Waals surface area contributed by atoms with E-state index >= 15 is 0 Å². The Balaban J connectivity index is 2.36. The van der Waals surface area contributed by atoms with Crippen LogP contribution < -0.4 is 0 Å². The zero-order valence-electron chi connectivity index (χ0n) is 10.3. The molecule has 1 aromatic heterocycles.